The number of hydroxylamine groups is 1. The minimum atomic E-state index is -0.984. The van der Waals surface area contributed by atoms with Crippen LogP contribution in [0, 0.1) is 17.0 Å². The van der Waals surface area contributed by atoms with E-state index in [0.717, 1.165) is 11.3 Å². The van der Waals surface area contributed by atoms with Gasteiger partial charge in [-0.25, -0.2) is 24.6 Å². The molecular weight excluding hydrogens is 374 g/mol. The Morgan fingerprint density at radius 2 is 2.10 bits per heavy atom. The quantitative estimate of drug-likeness (QED) is 0.407. The highest BCUT2D eigenvalue weighted by atomic mass is 16.5. The molecule has 0 saturated heterocycles. The van der Waals surface area contributed by atoms with Crippen molar-refractivity contribution in [3.05, 3.63) is 88.9 Å². The monoisotopic (exact) mass is 391 g/mol. The average Bonchev–Trinajstić information content (AvgIpc) is 3.23. The molecule has 0 spiro atoms. The van der Waals surface area contributed by atoms with Crippen molar-refractivity contribution in [3.63, 3.8) is 0 Å². The van der Waals surface area contributed by atoms with E-state index in [1.54, 1.807) is 40.6 Å². The molecule has 10 heteroatoms. The highest BCUT2D eigenvalue weighted by molar-refractivity contribution is 5.87. The van der Waals surface area contributed by atoms with Gasteiger partial charge in [0.2, 0.25) is 0 Å². The van der Waals surface area contributed by atoms with E-state index < -0.39 is 5.97 Å². The summed E-state index contributed by atoms with van der Waals surface area (Å²) in [6, 6.07) is 6.43. The molecule has 0 fully saturated rings. The maximum Gasteiger partial charge on any atom is 0.335 e. The largest absolute Gasteiger partial charge is 0.603 e. The van der Waals surface area contributed by atoms with Gasteiger partial charge in [-0.05, 0) is 23.6 Å². The lowest BCUT2D eigenvalue weighted by atomic mass is 10.1. The summed E-state index contributed by atoms with van der Waals surface area (Å²) in [5.74, 6) is 5.01. The van der Waals surface area contributed by atoms with Crippen LogP contribution in [-0.4, -0.2) is 30.8 Å². The lowest BCUT2D eigenvalue weighted by Gasteiger charge is -2.36. The number of rotatable bonds is 4. The Labute approximate surface area is 166 Å². The molecule has 1 unspecified atom stereocenters. The van der Waals surface area contributed by atoms with Crippen molar-refractivity contribution in [2.45, 2.75) is 13.1 Å². The van der Waals surface area contributed by atoms with Gasteiger partial charge in [0.15, 0.2) is 0 Å². The Balaban J connectivity index is 1.44. The summed E-state index contributed by atoms with van der Waals surface area (Å²) in [5.41, 5.74) is 3.07. The number of quaternary nitrogens is 1. The molecule has 0 aliphatic carbocycles. The molecule has 2 aliphatic rings. The number of hydrogen-bond acceptors (Lipinski definition) is 7. The fourth-order valence-corrected chi connectivity index (χ4v) is 2.79. The molecular formula is C19H17N7O3. The second kappa shape index (κ2) is 7.89. The highest BCUT2D eigenvalue weighted by Crippen LogP contribution is 2.15. The van der Waals surface area contributed by atoms with Gasteiger partial charge in [0.25, 0.3) is 0 Å². The van der Waals surface area contributed by atoms with E-state index in [-0.39, 0.29) is 10.7 Å². The summed E-state index contributed by atoms with van der Waals surface area (Å²) in [4.78, 5) is 14.8. The molecule has 4 N–H and O–H groups in total. The second-order valence-corrected chi connectivity index (χ2v) is 6.29. The van der Waals surface area contributed by atoms with Crippen LogP contribution in [0.4, 0.5) is 0 Å². The molecule has 0 radical (unpaired) electrons. The van der Waals surface area contributed by atoms with Crippen LogP contribution in [0.3, 0.4) is 0 Å². The Morgan fingerprint density at radius 1 is 1.28 bits per heavy atom. The summed E-state index contributed by atoms with van der Waals surface area (Å²) >= 11 is 0. The molecule has 146 valence electrons. The highest BCUT2D eigenvalue weighted by Gasteiger charge is 2.22. The van der Waals surface area contributed by atoms with Crippen molar-refractivity contribution in [3.8, 4) is 11.8 Å². The predicted octanol–water partition coefficient (Wildman–Crippen LogP) is -0.490. The van der Waals surface area contributed by atoms with Crippen molar-refractivity contribution >= 4 is 5.97 Å². The third-order valence-electron chi connectivity index (χ3n) is 4.25. The zero-order valence-corrected chi connectivity index (χ0v) is 15.2. The number of carboxylic acid groups (broad SMARTS) is 1. The number of fused-ring (bicyclic) bond motifs is 1. The Hall–Kier alpha value is -4.07. The third-order valence-corrected chi connectivity index (χ3v) is 4.25. The number of benzene rings is 1. The van der Waals surface area contributed by atoms with Crippen molar-refractivity contribution in [2.75, 3.05) is 0 Å². The van der Waals surface area contributed by atoms with Crippen LogP contribution >= 0.6 is 0 Å². The van der Waals surface area contributed by atoms with Crippen LogP contribution in [0.2, 0.25) is 0 Å². The fraction of sp³-hybridized carbons (Fsp3) is 0.105. The first kappa shape index (κ1) is 18.3. The Morgan fingerprint density at radius 3 is 2.83 bits per heavy atom. The van der Waals surface area contributed by atoms with Gasteiger partial charge in [0.1, 0.15) is 36.8 Å². The Kier molecular flexibility index (Phi) is 4.98. The topological polar surface area (TPSA) is 123 Å². The van der Waals surface area contributed by atoms with E-state index in [4.69, 9.17) is 5.11 Å². The molecule has 4 rings (SSSR count). The number of nitrogens with one attached hydrogen (secondary N) is 3. The number of hydrogen-bond donors (Lipinski definition) is 4. The molecule has 0 amide bonds. The smallest absolute Gasteiger partial charge is 0.335 e. The molecule has 1 aromatic heterocycles. The first-order valence-electron chi connectivity index (χ1n) is 8.70. The van der Waals surface area contributed by atoms with Crippen LogP contribution in [0.5, 0.6) is 0 Å². The van der Waals surface area contributed by atoms with E-state index in [1.165, 1.54) is 24.7 Å². The molecule has 29 heavy (non-hydrogen) atoms. The number of nitrogens with zero attached hydrogens (tertiary/aromatic N) is 4. The van der Waals surface area contributed by atoms with Gasteiger partial charge < -0.3 is 20.9 Å². The fourth-order valence-electron chi connectivity index (χ4n) is 2.79. The zero-order chi connectivity index (χ0) is 20.2. The minimum Gasteiger partial charge on any atom is -0.603 e. The van der Waals surface area contributed by atoms with Gasteiger partial charge in [0, 0.05) is 6.20 Å². The zero-order valence-electron chi connectivity index (χ0n) is 15.2. The van der Waals surface area contributed by atoms with Crippen LogP contribution in [0.15, 0.2) is 72.6 Å². The van der Waals surface area contributed by atoms with Crippen molar-refractivity contribution in [2.24, 2.45) is 0 Å². The third kappa shape index (κ3) is 4.27. The van der Waals surface area contributed by atoms with Crippen LogP contribution < -0.4 is 15.8 Å². The van der Waals surface area contributed by atoms with Crippen molar-refractivity contribution in [1.29, 1.82) is 0 Å². The molecule has 3 heterocycles. The maximum atomic E-state index is 12.4. The lowest BCUT2D eigenvalue weighted by Crippen LogP contribution is -3.09. The average molecular weight is 391 g/mol. The maximum absolute atomic E-state index is 12.4. The molecule has 0 saturated carbocycles. The number of carboxylic acids is 1. The Bertz CT molecular complexity index is 1060. The van der Waals surface area contributed by atoms with Crippen molar-refractivity contribution < 1.29 is 15.1 Å². The van der Waals surface area contributed by atoms with E-state index in [9.17, 15) is 10.0 Å². The molecule has 1 atom stereocenters. The van der Waals surface area contributed by atoms with Gasteiger partial charge in [-0.1, -0.05) is 18.1 Å². The summed E-state index contributed by atoms with van der Waals surface area (Å²) in [6.07, 6.45) is 7.95. The van der Waals surface area contributed by atoms with Crippen LogP contribution in [0.25, 0.3) is 0 Å². The van der Waals surface area contributed by atoms with E-state index in [2.05, 4.69) is 32.6 Å². The molecule has 1 aromatic carbocycles. The summed E-state index contributed by atoms with van der Waals surface area (Å²) in [6.45, 7) is 0.739. The first-order valence-corrected chi connectivity index (χ1v) is 8.70. The number of carbonyl (C=O) groups is 1. The minimum absolute atomic E-state index is 0.172. The SMILES string of the molecule is O=C(O)c1ccc(CN2C=C3NC(C#CCn4cncn4)=CNC3=C[NH+]2[O-])cc1. The van der Waals surface area contributed by atoms with Gasteiger partial charge in [-0.2, -0.15) is 5.10 Å². The van der Waals surface area contributed by atoms with Crippen LogP contribution in [0.1, 0.15) is 15.9 Å². The van der Waals surface area contributed by atoms with Gasteiger partial charge in [-0.15, -0.1) is 0 Å². The lowest BCUT2D eigenvalue weighted by molar-refractivity contribution is -0.919. The van der Waals surface area contributed by atoms with Gasteiger partial charge in [0.05, 0.1) is 24.0 Å². The molecule has 2 aliphatic heterocycles. The summed E-state index contributed by atoms with van der Waals surface area (Å²) in [5, 5.41) is 33.0. The van der Waals surface area contributed by atoms with E-state index in [1.807, 2.05) is 0 Å². The molecule has 2 aromatic rings. The molecule has 0 bridgehead atoms. The normalized spacial score (nSPS) is 17.5. The number of aromatic nitrogens is 3. The summed E-state index contributed by atoms with van der Waals surface area (Å²) < 4.78 is 1.62. The standard InChI is InChI=1S/C19H17N7O3/c27-19(28)15-5-3-14(4-6-15)9-25-10-18-17(11-26(25)29)21-8-16(23-18)2-1-7-24-13-20-12-22-24/h3-6,8,10-13,21,23,26H,7,9H2,(H,27,28). The predicted molar refractivity (Wildman–Crippen MR) is 102 cm³/mol. The number of aromatic carboxylic acids is 1. The second-order valence-electron chi connectivity index (χ2n) is 6.29. The van der Waals surface area contributed by atoms with Gasteiger partial charge >= 0.3 is 5.97 Å². The van der Waals surface area contributed by atoms with Crippen LogP contribution in [-0.2, 0) is 13.1 Å². The first-order chi connectivity index (χ1) is 14.1. The van der Waals surface area contributed by atoms with E-state index >= 15 is 0 Å². The number of allylic oxidation sites excluding steroid dienone is 1. The van der Waals surface area contributed by atoms with Crippen molar-refractivity contribution in [1.82, 2.24) is 30.4 Å². The van der Waals surface area contributed by atoms with E-state index in [0.29, 0.717) is 24.5 Å². The summed E-state index contributed by atoms with van der Waals surface area (Å²) in [7, 11) is 0. The van der Waals surface area contributed by atoms with Gasteiger partial charge in [-0.3, -0.25) is 0 Å². The molecule has 10 nitrogen and oxygen atoms in total.